The number of H-pyrrole nitrogens is 1. The third kappa shape index (κ3) is 2.81. The van der Waals surface area contributed by atoms with Crippen LogP contribution in [0.25, 0.3) is 37.2 Å². The number of aromatic nitrogens is 5. The van der Waals surface area contributed by atoms with Gasteiger partial charge < -0.3 is 9.72 Å². The van der Waals surface area contributed by atoms with E-state index in [1.54, 1.807) is 30.2 Å². The van der Waals surface area contributed by atoms with E-state index in [-0.39, 0.29) is 16.0 Å². The van der Waals surface area contributed by atoms with E-state index in [0.717, 1.165) is 22.0 Å². The maximum Gasteiger partial charge on any atom is 0.333 e. The average molecular weight is 448 g/mol. The Hall–Kier alpha value is -4.30. The van der Waals surface area contributed by atoms with Crippen molar-refractivity contribution in [1.29, 1.82) is 5.26 Å². The molecule has 4 aromatic heterocycles. The number of aromatic amines is 1. The molecule has 5 rings (SSSR count). The summed E-state index contributed by atoms with van der Waals surface area (Å²) in [4.78, 5) is 33.6. The first kappa shape index (κ1) is 19.7. The van der Waals surface area contributed by atoms with Crippen molar-refractivity contribution < 1.29 is 9.13 Å². The van der Waals surface area contributed by atoms with Gasteiger partial charge in [-0.15, -0.1) is 11.3 Å². The number of nitrogens with zero attached hydrogens (tertiary/aromatic N) is 5. The summed E-state index contributed by atoms with van der Waals surface area (Å²) in [5.74, 6) is -0.697. The topological polar surface area (TPSA) is 119 Å². The zero-order chi connectivity index (χ0) is 22.6. The Balaban J connectivity index is 1.79. The van der Waals surface area contributed by atoms with Gasteiger partial charge in [-0.3, -0.25) is 14.5 Å². The minimum absolute atomic E-state index is 0.0312. The molecule has 9 nitrogen and oxygen atoms in total. The Labute approximate surface area is 182 Å². The third-order valence-electron chi connectivity index (χ3n) is 5.11. The van der Waals surface area contributed by atoms with Crippen LogP contribution >= 0.6 is 11.3 Å². The van der Waals surface area contributed by atoms with Crippen LogP contribution in [0.1, 0.15) is 5.56 Å². The van der Waals surface area contributed by atoms with Crippen molar-refractivity contribution in [2.45, 2.75) is 0 Å². The number of hydrogen-bond acceptors (Lipinski definition) is 7. The summed E-state index contributed by atoms with van der Waals surface area (Å²) < 4.78 is 21.9. The molecule has 5 aromatic rings. The molecule has 0 amide bonds. The number of ether oxygens (including phenoxy) is 1. The number of rotatable bonds is 3. The van der Waals surface area contributed by atoms with Crippen LogP contribution in [0, 0.1) is 17.1 Å². The van der Waals surface area contributed by atoms with Crippen LogP contribution in [0.5, 0.6) is 5.75 Å². The van der Waals surface area contributed by atoms with Crippen LogP contribution in [0.15, 0.2) is 46.4 Å². The molecule has 158 valence electrons. The number of nitrogens with one attached hydrogen (secondary N) is 1. The predicted molar refractivity (Wildman–Crippen MR) is 117 cm³/mol. The molecule has 0 aliphatic rings. The van der Waals surface area contributed by atoms with Gasteiger partial charge in [-0.2, -0.15) is 10.4 Å². The summed E-state index contributed by atoms with van der Waals surface area (Å²) in [6, 6.07) is 6.02. The number of benzene rings is 1. The van der Waals surface area contributed by atoms with Crippen LogP contribution in [-0.2, 0) is 7.05 Å². The first-order valence-corrected chi connectivity index (χ1v) is 10.1. The Morgan fingerprint density at radius 1 is 1.22 bits per heavy atom. The highest BCUT2D eigenvalue weighted by Crippen LogP contribution is 2.36. The quantitative estimate of drug-likeness (QED) is 0.453. The van der Waals surface area contributed by atoms with Crippen LogP contribution in [-0.4, -0.2) is 31.4 Å². The maximum absolute atomic E-state index is 14.0. The molecule has 32 heavy (non-hydrogen) atoms. The number of halogens is 1. The van der Waals surface area contributed by atoms with Crippen LogP contribution < -0.4 is 16.0 Å². The molecule has 0 saturated heterocycles. The number of pyridine rings is 1. The standard InChI is InChI=1S/C21H13FN6O3S/c1-27-18-11(8-25-27)7-24-9-15(18)28-20(29)19-14(26-21(28)30)5-17(32-19)12-4-16(31-2)13(22)3-10(12)6-23/h3-5,7-9H,1-2H3,(H,26,30). The number of aryl methyl sites for hydroxylation is 1. The van der Waals surface area contributed by atoms with E-state index in [2.05, 4.69) is 15.1 Å². The summed E-state index contributed by atoms with van der Waals surface area (Å²) in [5, 5.41) is 14.3. The van der Waals surface area contributed by atoms with Crippen LogP contribution in [0.4, 0.5) is 4.39 Å². The van der Waals surface area contributed by atoms with Gasteiger partial charge in [0.05, 0.1) is 47.9 Å². The molecular weight excluding hydrogens is 435 g/mol. The Bertz CT molecular complexity index is 1710. The molecule has 1 aromatic carbocycles. The summed E-state index contributed by atoms with van der Waals surface area (Å²) in [5.41, 5.74) is 0.497. The second-order valence-corrected chi connectivity index (χ2v) is 7.99. The fourth-order valence-electron chi connectivity index (χ4n) is 3.64. The molecule has 0 radical (unpaired) electrons. The molecule has 0 aliphatic heterocycles. The van der Waals surface area contributed by atoms with E-state index in [0.29, 0.717) is 32.5 Å². The van der Waals surface area contributed by atoms with E-state index in [4.69, 9.17) is 4.74 Å². The van der Waals surface area contributed by atoms with Crippen molar-refractivity contribution in [3.63, 3.8) is 0 Å². The molecule has 0 spiro atoms. The maximum atomic E-state index is 14.0. The second-order valence-electron chi connectivity index (χ2n) is 6.93. The van der Waals surface area contributed by atoms with Crippen molar-refractivity contribution in [3.8, 4) is 27.9 Å². The van der Waals surface area contributed by atoms with E-state index in [1.165, 1.54) is 19.4 Å². The van der Waals surface area contributed by atoms with E-state index in [9.17, 15) is 19.2 Å². The monoisotopic (exact) mass is 448 g/mol. The van der Waals surface area contributed by atoms with Crippen molar-refractivity contribution >= 4 is 32.5 Å². The molecule has 0 fully saturated rings. The lowest BCUT2D eigenvalue weighted by Crippen LogP contribution is -2.33. The van der Waals surface area contributed by atoms with E-state index in [1.807, 2.05) is 6.07 Å². The lowest BCUT2D eigenvalue weighted by Gasteiger charge is -2.07. The lowest BCUT2D eigenvalue weighted by atomic mass is 10.1. The van der Waals surface area contributed by atoms with Gasteiger partial charge in [0.25, 0.3) is 5.56 Å². The Morgan fingerprint density at radius 3 is 2.78 bits per heavy atom. The molecule has 1 N–H and O–H groups in total. The molecule has 0 saturated carbocycles. The SMILES string of the molecule is COc1cc(-c2cc3[nH]c(=O)n(-c4cncc5cnn(C)c45)c(=O)c3s2)c(C#N)cc1F. The molecular formula is C21H13FN6O3S. The van der Waals surface area contributed by atoms with Gasteiger partial charge in [-0.25, -0.2) is 13.8 Å². The van der Waals surface area contributed by atoms with Gasteiger partial charge >= 0.3 is 5.69 Å². The lowest BCUT2D eigenvalue weighted by molar-refractivity contribution is 0.386. The molecule has 0 atom stereocenters. The summed E-state index contributed by atoms with van der Waals surface area (Å²) in [7, 11) is 3.03. The van der Waals surface area contributed by atoms with Crippen LogP contribution in [0.3, 0.4) is 0 Å². The molecule has 11 heteroatoms. The minimum Gasteiger partial charge on any atom is -0.494 e. The van der Waals surface area contributed by atoms with Crippen molar-refractivity contribution in [2.24, 2.45) is 7.05 Å². The van der Waals surface area contributed by atoms with E-state index >= 15 is 0 Å². The number of hydrogen-bond donors (Lipinski definition) is 1. The average Bonchev–Trinajstić information content (AvgIpc) is 3.38. The van der Waals surface area contributed by atoms with Gasteiger partial charge in [-0.1, -0.05) is 0 Å². The smallest absolute Gasteiger partial charge is 0.333 e. The minimum atomic E-state index is -0.665. The number of fused-ring (bicyclic) bond motifs is 2. The first-order valence-electron chi connectivity index (χ1n) is 9.26. The number of nitriles is 1. The van der Waals surface area contributed by atoms with Crippen molar-refractivity contribution in [3.05, 3.63) is 69.0 Å². The molecule has 0 aliphatic carbocycles. The zero-order valence-corrected chi connectivity index (χ0v) is 17.5. The number of thiophene rings is 1. The summed E-state index contributed by atoms with van der Waals surface area (Å²) in [6.45, 7) is 0. The first-order chi connectivity index (χ1) is 15.4. The molecule has 4 heterocycles. The van der Waals surface area contributed by atoms with E-state index < -0.39 is 17.1 Å². The predicted octanol–water partition coefficient (Wildman–Crippen LogP) is 2.71. The Kier molecular flexibility index (Phi) is 4.38. The van der Waals surface area contributed by atoms with Gasteiger partial charge in [0, 0.05) is 29.1 Å². The van der Waals surface area contributed by atoms with Crippen molar-refractivity contribution in [1.82, 2.24) is 24.3 Å². The fraction of sp³-hybridized carbons (Fsp3) is 0.0952. The highest BCUT2D eigenvalue weighted by molar-refractivity contribution is 7.22. The Morgan fingerprint density at radius 2 is 2.03 bits per heavy atom. The highest BCUT2D eigenvalue weighted by atomic mass is 32.1. The van der Waals surface area contributed by atoms with Crippen molar-refractivity contribution in [2.75, 3.05) is 7.11 Å². The van der Waals surface area contributed by atoms with Gasteiger partial charge in [0.2, 0.25) is 0 Å². The molecule has 0 unspecified atom stereocenters. The van der Waals surface area contributed by atoms with Gasteiger partial charge in [0.1, 0.15) is 4.70 Å². The molecule has 0 bridgehead atoms. The number of methoxy groups -OCH3 is 1. The highest BCUT2D eigenvalue weighted by Gasteiger charge is 2.19. The summed E-state index contributed by atoms with van der Waals surface area (Å²) >= 11 is 1.09. The second kappa shape index (κ2) is 7.14. The van der Waals surface area contributed by atoms with Gasteiger partial charge in [0.15, 0.2) is 11.6 Å². The summed E-state index contributed by atoms with van der Waals surface area (Å²) in [6.07, 6.45) is 4.62. The normalized spacial score (nSPS) is 11.2. The zero-order valence-electron chi connectivity index (χ0n) is 16.7. The fourth-order valence-corrected chi connectivity index (χ4v) is 4.71. The van der Waals surface area contributed by atoms with Crippen LogP contribution in [0.2, 0.25) is 0 Å². The third-order valence-corrected chi connectivity index (χ3v) is 6.27. The largest absolute Gasteiger partial charge is 0.494 e. The van der Waals surface area contributed by atoms with Gasteiger partial charge in [-0.05, 0) is 18.2 Å².